The number of nitrogens with zero attached hydrogens (tertiary/aromatic N) is 3. The highest BCUT2D eigenvalue weighted by Gasteiger charge is 2.41. The van der Waals surface area contributed by atoms with Crippen molar-refractivity contribution in [3.63, 3.8) is 0 Å². The lowest BCUT2D eigenvalue weighted by Crippen LogP contribution is -2.51. The van der Waals surface area contributed by atoms with Crippen LogP contribution in [0.25, 0.3) is 0 Å². The molecule has 2 heterocycles. The van der Waals surface area contributed by atoms with Crippen LogP contribution in [0, 0.1) is 5.41 Å². The molecule has 2 aliphatic rings. The number of carbonyl (C=O) groups excluding carboxylic acids is 1. The molecule has 8 nitrogen and oxygen atoms in total. The number of nitrogens with one attached hydrogen (secondary N) is 4. The zero-order chi connectivity index (χ0) is 24.6. The average molecular weight is 510 g/mol. The van der Waals surface area contributed by atoms with Crippen molar-refractivity contribution < 1.29 is 4.79 Å². The van der Waals surface area contributed by atoms with Gasteiger partial charge in [-0.2, -0.15) is 4.98 Å². The zero-order valence-electron chi connectivity index (χ0n) is 19.2. The number of anilines is 4. The molecule has 5 rings (SSSR count). The normalized spacial score (nSPS) is 15.6. The number of amidine groups is 1. The number of aromatic nitrogens is 2. The lowest BCUT2D eigenvalue weighted by atomic mass is 9.68. The fourth-order valence-electron chi connectivity index (χ4n) is 4.85. The molecule has 1 saturated carbocycles. The second kappa shape index (κ2) is 9.45. The van der Waals surface area contributed by atoms with Gasteiger partial charge in [-0.25, -0.2) is 4.98 Å². The number of carbonyl (C=O) groups is 1. The van der Waals surface area contributed by atoms with Crippen LogP contribution >= 0.6 is 23.2 Å². The summed E-state index contributed by atoms with van der Waals surface area (Å²) in [6.45, 7) is 0.982. The van der Waals surface area contributed by atoms with Crippen molar-refractivity contribution in [2.24, 2.45) is 0 Å². The van der Waals surface area contributed by atoms with Crippen molar-refractivity contribution in [2.75, 3.05) is 29.1 Å². The maximum absolute atomic E-state index is 11.9. The lowest BCUT2D eigenvalue weighted by molar-refractivity contribution is -0.106. The molecule has 1 spiro atoms. The predicted octanol–water partition coefficient (Wildman–Crippen LogP) is 5.08. The van der Waals surface area contributed by atoms with Crippen molar-refractivity contribution in [3.05, 3.63) is 69.3 Å². The van der Waals surface area contributed by atoms with E-state index in [1.54, 1.807) is 25.2 Å². The third-order valence-electron chi connectivity index (χ3n) is 6.75. The number of amides is 1. The molecule has 1 aliphatic carbocycles. The van der Waals surface area contributed by atoms with Gasteiger partial charge in [-0.15, -0.1) is 0 Å². The average Bonchev–Trinajstić information content (AvgIpc) is 2.84. The Hall–Kier alpha value is -3.20. The van der Waals surface area contributed by atoms with E-state index in [-0.39, 0.29) is 27.1 Å². The van der Waals surface area contributed by atoms with Crippen LogP contribution < -0.4 is 20.9 Å². The first kappa shape index (κ1) is 23.5. The van der Waals surface area contributed by atoms with Crippen LogP contribution in [0.5, 0.6) is 0 Å². The summed E-state index contributed by atoms with van der Waals surface area (Å²) in [6.07, 6.45) is 6.61. The van der Waals surface area contributed by atoms with E-state index >= 15 is 0 Å². The van der Waals surface area contributed by atoms with Gasteiger partial charge in [0.15, 0.2) is 0 Å². The molecule has 0 saturated heterocycles. The van der Waals surface area contributed by atoms with Gasteiger partial charge in [0.25, 0.3) is 0 Å². The molecular weight excluding hydrogens is 485 g/mol. The molecule has 1 aliphatic heterocycles. The summed E-state index contributed by atoms with van der Waals surface area (Å²) in [5.74, 6) is 0.614. The Morgan fingerprint density at radius 3 is 2.66 bits per heavy atom. The minimum atomic E-state index is -0.155. The molecule has 0 unspecified atom stereocenters. The molecule has 0 radical (unpaired) electrons. The molecule has 10 heteroatoms. The van der Waals surface area contributed by atoms with Crippen molar-refractivity contribution in [1.29, 1.82) is 5.41 Å². The molecule has 1 aromatic heterocycles. The van der Waals surface area contributed by atoms with E-state index in [4.69, 9.17) is 28.6 Å². The van der Waals surface area contributed by atoms with E-state index in [1.165, 1.54) is 36.6 Å². The van der Waals surface area contributed by atoms with Gasteiger partial charge < -0.3 is 16.0 Å². The molecule has 35 heavy (non-hydrogen) atoms. The first-order chi connectivity index (χ1) is 17.0. The minimum absolute atomic E-state index is 0.152. The van der Waals surface area contributed by atoms with E-state index in [0.29, 0.717) is 23.7 Å². The Kier molecular flexibility index (Phi) is 6.35. The highest BCUT2D eigenvalue weighted by Crippen LogP contribution is 2.45. The lowest BCUT2D eigenvalue weighted by Gasteiger charge is -2.47. The Balaban J connectivity index is 1.41. The highest BCUT2D eigenvalue weighted by molar-refractivity contribution is 6.41. The monoisotopic (exact) mass is 509 g/mol. The topological polar surface area (TPSA) is 106 Å². The van der Waals surface area contributed by atoms with Crippen LogP contribution in [0.2, 0.25) is 10.0 Å². The molecular formula is C25H25Cl2N7O. The van der Waals surface area contributed by atoms with Gasteiger partial charge in [0.2, 0.25) is 12.4 Å². The van der Waals surface area contributed by atoms with Crippen LogP contribution in [0.15, 0.2) is 42.6 Å². The summed E-state index contributed by atoms with van der Waals surface area (Å²) < 4.78 is 0. The van der Waals surface area contributed by atoms with Gasteiger partial charge in [-0.1, -0.05) is 35.3 Å². The maximum Gasteiger partial charge on any atom is 0.229 e. The van der Waals surface area contributed by atoms with Crippen molar-refractivity contribution in [3.8, 4) is 0 Å². The molecule has 0 atom stereocenters. The third-order valence-corrected chi connectivity index (χ3v) is 7.36. The van der Waals surface area contributed by atoms with Gasteiger partial charge in [0.05, 0.1) is 21.3 Å². The highest BCUT2D eigenvalue weighted by atomic mass is 35.5. The molecule has 2 aromatic carbocycles. The fraction of sp³-hybridized carbons (Fsp3) is 0.280. The largest absolute Gasteiger partial charge is 0.372 e. The number of fused-ring (bicyclic) bond motifs is 2. The summed E-state index contributed by atoms with van der Waals surface area (Å²) in [4.78, 5) is 21.9. The van der Waals surface area contributed by atoms with E-state index in [0.717, 1.165) is 23.6 Å². The summed E-state index contributed by atoms with van der Waals surface area (Å²) in [5, 5.41) is 19.1. The second-order valence-corrected chi connectivity index (χ2v) is 9.52. The standard InChI is InChI=1S/C25H25Cl2N7O/c1-29-23-17(22(28)34(14-35)21-19(26)4-2-5-20(21)27)13-30-24(33-23)32-16-6-7-18-15(12-16)8-11-31-25(18)9-3-10-25/h2,4-7,12-14,28,31H,3,8-11H2,1H3,(H2,29,30,32,33). The minimum Gasteiger partial charge on any atom is -0.372 e. The SMILES string of the molecule is CNc1nc(Nc2ccc3c(c2)CCNC32CCC2)ncc1C(=N)N(C=O)c1c(Cl)cccc1Cl. The van der Waals surface area contributed by atoms with Gasteiger partial charge in [0, 0.05) is 31.0 Å². The molecule has 180 valence electrons. The van der Waals surface area contributed by atoms with E-state index in [9.17, 15) is 4.79 Å². The summed E-state index contributed by atoms with van der Waals surface area (Å²) in [6, 6.07) is 11.3. The van der Waals surface area contributed by atoms with Crippen molar-refractivity contribution >= 4 is 58.6 Å². The zero-order valence-corrected chi connectivity index (χ0v) is 20.7. The number of hydrogen-bond donors (Lipinski definition) is 4. The number of benzene rings is 2. The van der Waals surface area contributed by atoms with Gasteiger partial charge in [-0.05, 0) is 61.1 Å². The van der Waals surface area contributed by atoms with Gasteiger partial charge >= 0.3 is 0 Å². The fourth-order valence-corrected chi connectivity index (χ4v) is 5.43. The maximum atomic E-state index is 11.9. The number of halogens is 2. The summed E-state index contributed by atoms with van der Waals surface area (Å²) in [5.41, 5.74) is 4.35. The third kappa shape index (κ3) is 4.22. The van der Waals surface area contributed by atoms with Crippen LogP contribution in [-0.4, -0.2) is 35.8 Å². The Labute approximate surface area is 213 Å². The van der Waals surface area contributed by atoms with E-state index in [1.807, 2.05) is 0 Å². The molecule has 1 fully saturated rings. The van der Waals surface area contributed by atoms with E-state index < -0.39 is 0 Å². The van der Waals surface area contributed by atoms with Crippen LogP contribution in [0.3, 0.4) is 0 Å². The molecule has 3 aromatic rings. The Bertz CT molecular complexity index is 1290. The van der Waals surface area contributed by atoms with E-state index in [2.05, 4.69) is 44.1 Å². The van der Waals surface area contributed by atoms with Crippen LogP contribution in [-0.2, 0) is 16.8 Å². The molecule has 0 bridgehead atoms. The summed E-state index contributed by atoms with van der Waals surface area (Å²) >= 11 is 12.5. The number of para-hydroxylation sites is 1. The predicted molar refractivity (Wildman–Crippen MR) is 140 cm³/mol. The molecule has 4 N–H and O–H groups in total. The van der Waals surface area contributed by atoms with Crippen molar-refractivity contribution in [2.45, 2.75) is 31.2 Å². The smallest absolute Gasteiger partial charge is 0.229 e. The Morgan fingerprint density at radius 2 is 2.00 bits per heavy atom. The quantitative estimate of drug-likeness (QED) is 0.209. The first-order valence-electron chi connectivity index (χ1n) is 11.4. The summed E-state index contributed by atoms with van der Waals surface area (Å²) in [7, 11) is 1.70. The van der Waals surface area contributed by atoms with Gasteiger partial charge in [-0.3, -0.25) is 15.1 Å². The van der Waals surface area contributed by atoms with Crippen LogP contribution in [0.4, 0.5) is 23.1 Å². The van der Waals surface area contributed by atoms with Gasteiger partial charge in [0.1, 0.15) is 11.7 Å². The van der Waals surface area contributed by atoms with Crippen molar-refractivity contribution in [1.82, 2.24) is 15.3 Å². The Morgan fingerprint density at radius 1 is 1.23 bits per heavy atom. The molecule has 1 amide bonds. The second-order valence-electron chi connectivity index (χ2n) is 8.71. The number of rotatable bonds is 6. The van der Waals surface area contributed by atoms with Crippen LogP contribution in [0.1, 0.15) is 36.0 Å². The number of hydrogen-bond acceptors (Lipinski definition) is 7. The first-order valence-corrected chi connectivity index (χ1v) is 12.2.